The molecule has 0 aliphatic heterocycles. The maximum Gasteiger partial charge on any atom is -0.00206 e. The van der Waals surface area contributed by atoms with Crippen LogP contribution >= 0.6 is 0 Å². The average Bonchev–Trinajstić information content (AvgIpc) is 3.22. The molecular formula is C52H32. The van der Waals surface area contributed by atoms with Crippen LogP contribution in [0.25, 0.3) is 109 Å². The van der Waals surface area contributed by atoms with Crippen molar-refractivity contribution in [3.8, 4) is 44.5 Å². The van der Waals surface area contributed by atoms with E-state index in [4.69, 9.17) is 0 Å². The van der Waals surface area contributed by atoms with Crippen molar-refractivity contribution in [1.82, 2.24) is 0 Å². The van der Waals surface area contributed by atoms with Gasteiger partial charge in [-0.3, -0.25) is 0 Å². The number of rotatable bonds is 4. The van der Waals surface area contributed by atoms with Gasteiger partial charge in [0.05, 0.1) is 0 Å². The fourth-order valence-electron chi connectivity index (χ4n) is 8.63. The van der Waals surface area contributed by atoms with Gasteiger partial charge in [-0.05, 0) is 115 Å². The standard InChI is InChI=1S/C52H32/c1-2-9-43-37(6-1)26-30-47-45-10-3-4-11-46(45)49(32-50(43)47)39-22-18-36(19-23-39)34-14-12-33(13-15-34)35-16-20-38(21-17-35)44-29-27-42-25-24-40-7-5-8-41-28-31-48(44)52(42)51(40)41/h1-32H. The van der Waals surface area contributed by atoms with Crippen molar-refractivity contribution in [3.05, 3.63) is 194 Å². The molecule has 0 nitrogen and oxygen atoms in total. The van der Waals surface area contributed by atoms with E-state index < -0.39 is 0 Å². The van der Waals surface area contributed by atoms with Crippen LogP contribution in [0.4, 0.5) is 0 Å². The molecule has 0 saturated carbocycles. The molecule has 0 aromatic heterocycles. The van der Waals surface area contributed by atoms with Crippen LogP contribution in [0.5, 0.6) is 0 Å². The monoisotopic (exact) mass is 656 g/mol. The van der Waals surface area contributed by atoms with Gasteiger partial charge in [-0.25, -0.2) is 0 Å². The Bertz CT molecular complexity index is 3110. The van der Waals surface area contributed by atoms with Crippen LogP contribution in [0.2, 0.25) is 0 Å². The van der Waals surface area contributed by atoms with E-state index >= 15 is 0 Å². The van der Waals surface area contributed by atoms with Crippen LogP contribution in [0.15, 0.2) is 194 Å². The van der Waals surface area contributed by atoms with E-state index in [1.165, 1.54) is 109 Å². The summed E-state index contributed by atoms with van der Waals surface area (Å²) in [6, 6.07) is 71.7. The Balaban J connectivity index is 0.903. The summed E-state index contributed by atoms with van der Waals surface area (Å²) in [7, 11) is 0. The Morgan fingerprint density at radius 1 is 0.192 bits per heavy atom. The molecule has 0 spiro atoms. The molecule has 0 aliphatic rings. The fourth-order valence-corrected chi connectivity index (χ4v) is 8.63. The minimum Gasteiger partial charge on any atom is -0.0616 e. The third-order valence-corrected chi connectivity index (χ3v) is 11.2. The molecule has 0 amide bonds. The minimum absolute atomic E-state index is 1.22. The average molecular weight is 657 g/mol. The smallest absolute Gasteiger partial charge is 0.00206 e. The SMILES string of the molecule is c1ccc2c(c1)ccc1c3ccccc3c(-c3ccc(-c4ccc(-c5ccc(-c6ccc7ccc8cccc9ccc6c7c89)cc5)cc4)cc3)cc21. The highest BCUT2D eigenvalue weighted by atomic mass is 14.2. The maximum atomic E-state index is 2.39. The van der Waals surface area contributed by atoms with Crippen molar-refractivity contribution >= 4 is 64.6 Å². The van der Waals surface area contributed by atoms with Gasteiger partial charge in [0.25, 0.3) is 0 Å². The first-order valence-corrected chi connectivity index (χ1v) is 18.1. The summed E-state index contributed by atoms with van der Waals surface area (Å²) in [5.74, 6) is 0. The van der Waals surface area contributed by atoms with Gasteiger partial charge in [-0.2, -0.15) is 0 Å². The van der Waals surface area contributed by atoms with E-state index in [2.05, 4.69) is 194 Å². The van der Waals surface area contributed by atoms with Crippen LogP contribution in [-0.2, 0) is 0 Å². The highest BCUT2D eigenvalue weighted by Gasteiger charge is 2.13. The Labute approximate surface area is 302 Å². The second-order valence-corrected chi connectivity index (χ2v) is 14.1. The summed E-state index contributed by atoms with van der Waals surface area (Å²) < 4.78 is 0. The Kier molecular flexibility index (Phi) is 6.35. The van der Waals surface area contributed by atoms with Crippen molar-refractivity contribution in [2.45, 2.75) is 0 Å². The molecule has 0 atom stereocenters. The second kappa shape index (κ2) is 11.4. The van der Waals surface area contributed by atoms with Gasteiger partial charge in [0.1, 0.15) is 0 Å². The first-order valence-electron chi connectivity index (χ1n) is 18.1. The lowest BCUT2D eigenvalue weighted by Gasteiger charge is -2.14. The third-order valence-electron chi connectivity index (χ3n) is 11.2. The topological polar surface area (TPSA) is 0 Å². The molecule has 0 fully saturated rings. The molecule has 52 heavy (non-hydrogen) atoms. The molecule has 0 N–H and O–H groups in total. The zero-order chi connectivity index (χ0) is 34.2. The molecule has 11 aromatic rings. The molecule has 0 bridgehead atoms. The molecule has 0 heterocycles. The molecule has 0 aliphatic carbocycles. The molecule has 0 heteroatoms. The first kappa shape index (κ1) is 29.0. The molecule has 0 unspecified atom stereocenters. The van der Waals surface area contributed by atoms with Crippen molar-refractivity contribution in [1.29, 1.82) is 0 Å². The van der Waals surface area contributed by atoms with Gasteiger partial charge in [-0.1, -0.05) is 188 Å². The Morgan fingerprint density at radius 3 is 1.27 bits per heavy atom. The van der Waals surface area contributed by atoms with Gasteiger partial charge in [0.15, 0.2) is 0 Å². The normalized spacial score (nSPS) is 11.8. The largest absolute Gasteiger partial charge is 0.0616 e. The van der Waals surface area contributed by atoms with Crippen molar-refractivity contribution in [3.63, 3.8) is 0 Å². The van der Waals surface area contributed by atoms with E-state index in [9.17, 15) is 0 Å². The summed E-state index contributed by atoms with van der Waals surface area (Å²) >= 11 is 0. The zero-order valence-electron chi connectivity index (χ0n) is 28.5. The summed E-state index contributed by atoms with van der Waals surface area (Å²) in [4.78, 5) is 0. The predicted molar refractivity (Wildman–Crippen MR) is 224 cm³/mol. The van der Waals surface area contributed by atoms with E-state index in [1.807, 2.05) is 0 Å². The highest BCUT2D eigenvalue weighted by molar-refractivity contribution is 6.25. The van der Waals surface area contributed by atoms with Crippen molar-refractivity contribution < 1.29 is 0 Å². The van der Waals surface area contributed by atoms with Crippen molar-refractivity contribution in [2.75, 3.05) is 0 Å². The zero-order valence-corrected chi connectivity index (χ0v) is 28.5. The molecule has 11 rings (SSSR count). The van der Waals surface area contributed by atoms with Gasteiger partial charge in [-0.15, -0.1) is 0 Å². The van der Waals surface area contributed by atoms with E-state index in [0.29, 0.717) is 0 Å². The maximum absolute atomic E-state index is 2.39. The van der Waals surface area contributed by atoms with Gasteiger partial charge in [0.2, 0.25) is 0 Å². The van der Waals surface area contributed by atoms with Gasteiger partial charge >= 0.3 is 0 Å². The summed E-state index contributed by atoms with van der Waals surface area (Å²) in [6.07, 6.45) is 0. The second-order valence-electron chi connectivity index (χ2n) is 14.1. The molecule has 0 saturated heterocycles. The lowest BCUT2D eigenvalue weighted by atomic mass is 9.89. The van der Waals surface area contributed by atoms with E-state index in [-0.39, 0.29) is 0 Å². The van der Waals surface area contributed by atoms with Crippen LogP contribution in [-0.4, -0.2) is 0 Å². The lowest BCUT2D eigenvalue weighted by Crippen LogP contribution is -1.87. The van der Waals surface area contributed by atoms with E-state index in [0.717, 1.165) is 0 Å². The van der Waals surface area contributed by atoms with Crippen LogP contribution in [0, 0.1) is 0 Å². The first-order chi connectivity index (χ1) is 25.8. The number of fused-ring (bicyclic) bond motifs is 5. The van der Waals surface area contributed by atoms with E-state index in [1.54, 1.807) is 0 Å². The third kappa shape index (κ3) is 4.48. The fraction of sp³-hybridized carbons (Fsp3) is 0. The Morgan fingerprint density at radius 2 is 0.615 bits per heavy atom. The lowest BCUT2D eigenvalue weighted by molar-refractivity contribution is 1.58. The van der Waals surface area contributed by atoms with Gasteiger partial charge in [0, 0.05) is 0 Å². The van der Waals surface area contributed by atoms with Crippen molar-refractivity contribution in [2.24, 2.45) is 0 Å². The van der Waals surface area contributed by atoms with Crippen LogP contribution in [0.1, 0.15) is 0 Å². The molecule has 240 valence electrons. The molecule has 0 radical (unpaired) electrons. The van der Waals surface area contributed by atoms with Crippen LogP contribution in [0.3, 0.4) is 0 Å². The summed E-state index contributed by atoms with van der Waals surface area (Å²) in [5.41, 5.74) is 9.90. The molecular weight excluding hydrogens is 625 g/mol. The van der Waals surface area contributed by atoms with Gasteiger partial charge < -0.3 is 0 Å². The molecule has 11 aromatic carbocycles. The Hall–Kier alpha value is -6.76. The number of hydrogen-bond donors (Lipinski definition) is 0. The summed E-state index contributed by atoms with van der Waals surface area (Å²) in [5, 5.41) is 15.7. The quantitative estimate of drug-likeness (QED) is 0.165. The number of benzene rings is 11. The predicted octanol–water partition coefficient (Wildman–Crippen LogP) is 14.7. The number of hydrogen-bond acceptors (Lipinski definition) is 0. The minimum atomic E-state index is 1.22. The summed E-state index contributed by atoms with van der Waals surface area (Å²) in [6.45, 7) is 0. The van der Waals surface area contributed by atoms with Crippen LogP contribution < -0.4 is 0 Å². The highest BCUT2D eigenvalue weighted by Crippen LogP contribution is 2.41.